The number of ketones is 1. The summed E-state index contributed by atoms with van der Waals surface area (Å²) < 4.78 is 1.16. The number of Topliss-reactive ketones (excluding diaryl/α,β-unsaturated/α-hetero) is 1. The van der Waals surface area contributed by atoms with Gasteiger partial charge in [-0.25, -0.2) is 0 Å². The summed E-state index contributed by atoms with van der Waals surface area (Å²) in [4.78, 5) is 12.0. The van der Waals surface area contributed by atoms with E-state index in [1.807, 2.05) is 36.6 Å². The third kappa shape index (κ3) is 1.92. The van der Waals surface area contributed by atoms with Crippen LogP contribution in [0.5, 0.6) is 0 Å². The molecular weight excluding hydrogens is 228 g/mol. The molecule has 0 saturated carbocycles. The zero-order chi connectivity index (χ0) is 10.8. The van der Waals surface area contributed by atoms with Gasteiger partial charge in [0, 0.05) is 32.8 Å². The maximum absolute atomic E-state index is 12.0. The van der Waals surface area contributed by atoms with Crippen molar-refractivity contribution in [3.05, 3.63) is 35.2 Å². The highest BCUT2D eigenvalue weighted by molar-refractivity contribution is 7.17. The van der Waals surface area contributed by atoms with Crippen molar-refractivity contribution in [1.29, 1.82) is 0 Å². The molecule has 0 amide bonds. The molecule has 0 fully saturated rings. The molecule has 15 heavy (non-hydrogen) atoms. The fourth-order valence-corrected chi connectivity index (χ4v) is 2.59. The van der Waals surface area contributed by atoms with E-state index in [0.717, 1.165) is 15.6 Å². The fraction of sp³-hybridized carbons (Fsp3) is 0.250. The number of hydrogen-bond donors (Lipinski definition) is 0. The predicted molar refractivity (Wildman–Crippen MR) is 66.0 cm³/mol. The number of thiophene rings is 1. The van der Waals surface area contributed by atoms with Crippen LogP contribution in [0.15, 0.2) is 29.6 Å². The van der Waals surface area contributed by atoms with Gasteiger partial charge < -0.3 is 0 Å². The smallest absolute Gasteiger partial charge is 0.168 e. The number of carbonyl (C=O) groups excluding carboxylic acids is 1. The number of fused-ring (bicyclic) bond motifs is 1. The van der Waals surface area contributed by atoms with Crippen LogP contribution in [0.4, 0.5) is 0 Å². The molecule has 1 aromatic heterocycles. The lowest BCUT2D eigenvalue weighted by Crippen LogP contribution is -2.11. The Morgan fingerprint density at radius 3 is 2.93 bits per heavy atom. The lowest BCUT2D eigenvalue weighted by Gasteiger charge is -2.04. The predicted octanol–water partition coefficient (Wildman–Crippen LogP) is 3.96. The van der Waals surface area contributed by atoms with Gasteiger partial charge in [-0.1, -0.05) is 25.1 Å². The molecule has 1 heterocycles. The summed E-state index contributed by atoms with van der Waals surface area (Å²) in [6.45, 7) is 1.86. The van der Waals surface area contributed by atoms with Crippen LogP contribution in [-0.4, -0.2) is 11.7 Å². The van der Waals surface area contributed by atoms with Gasteiger partial charge in [0.2, 0.25) is 0 Å². The lowest BCUT2D eigenvalue weighted by molar-refractivity contribution is 0.0943. The van der Waals surface area contributed by atoms with Gasteiger partial charge in [-0.3, -0.25) is 4.79 Å². The summed E-state index contributed by atoms with van der Waals surface area (Å²) in [5.74, 6) is 0.412. The zero-order valence-electron chi connectivity index (χ0n) is 8.37. The SMILES string of the molecule is CC(CCl)C(=O)c1csc2ccccc12. The van der Waals surface area contributed by atoms with Crippen molar-refractivity contribution >= 4 is 38.8 Å². The highest BCUT2D eigenvalue weighted by Crippen LogP contribution is 2.27. The molecule has 0 bridgehead atoms. The monoisotopic (exact) mass is 238 g/mol. The second kappa shape index (κ2) is 4.33. The third-order valence-corrected chi connectivity index (χ3v) is 3.85. The summed E-state index contributed by atoms with van der Waals surface area (Å²) in [6.07, 6.45) is 0. The molecule has 1 nitrogen and oxygen atoms in total. The van der Waals surface area contributed by atoms with Crippen LogP contribution < -0.4 is 0 Å². The third-order valence-electron chi connectivity index (χ3n) is 2.43. The van der Waals surface area contributed by atoms with E-state index in [-0.39, 0.29) is 11.7 Å². The van der Waals surface area contributed by atoms with Crippen LogP contribution in [0.3, 0.4) is 0 Å². The van der Waals surface area contributed by atoms with E-state index in [1.54, 1.807) is 11.3 Å². The molecular formula is C12H11ClOS. The molecule has 2 rings (SSSR count). The topological polar surface area (TPSA) is 17.1 Å². The molecule has 0 N–H and O–H groups in total. The van der Waals surface area contributed by atoms with Gasteiger partial charge in [0.15, 0.2) is 5.78 Å². The highest BCUT2D eigenvalue weighted by atomic mass is 35.5. The molecule has 0 radical (unpaired) electrons. The van der Waals surface area contributed by atoms with Crippen molar-refractivity contribution in [2.24, 2.45) is 5.92 Å². The quantitative estimate of drug-likeness (QED) is 0.584. The Morgan fingerprint density at radius 1 is 1.47 bits per heavy atom. The van der Waals surface area contributed by atoms with E-state index in [1.165, 1.54) is 0 Å². The summed E-state index contributed by atoms with van der Waals surface area (Å²) in [5.41, 5.74) is 0.809. The Hall–Kier alpha value is -0.860. The number of rotatable bonds is 3. The van der Waals surface area contributed by atoms with Crippen LogP contribution in [0.2, 0.25) is 0 Å². The molecule has 1 aromatic carbocycles. The van der Waals surface area contributed by atoms with Gasteiger partial charge in [-0.2, -0.15) is 0 Å². The second-order valence-corrected chi connectivity index (χ2v) is 4.78. The first-order valence-electron chi connectivity index (χ1n) is 4.80. The number of benzene rings is 1. The van der Waals surface area contributed by atoms with Gasteiger partial charge in [0.25, 0.3) is 0 Å². The van der Waals surface area contributed by atoms with E-state index in [9.17, 15) is 4.79 Å². The molecule has 2 aromatic rings. The Labute approximate surface area is 97.7 Å². The Kier molecular flexibility index (Phi) is 3.08. The minimum Gasteiger partial charge on any atom is -0.294 e. The highest BCUT2D eigenvalue weighted by Gasteiger charge is 2.17. The standard InChI is InChI=1S/C12H11ClOS/c1-8(6-13)12(14)10-7-15-11-5-3-2-4-9(10)11/h2-5,7-8H,6H2,1H3. The van der Waals surface area contributed by atoms with Gasteiger partial charge >= 0.3 is 0 Å². The molecule has 0 aliphatic carbocycles. The van der Waals surface area contributed by atoms with Gasteiger partial charge in [0.1, 0.15) is 0 Å². The van der Waals surface area contributed by atoms with Gasteiger partial charge in [-0.05, 0) is 6.07 Å². The maximum atomic E-state index is 12.0. The number of alkyl halides is 1. The van der Waals surface area contributed by atoms with Crippen LogP contribution in [0.25, 0.3) is 10.1 Å². The average molecular weight is 239 g/mol. The average Bonchev–Trinajstić information content (AvgIpc) is 2.70. The Bertz CT molecular complexity index is 489. The maximum Gasteiger partial charge on any atom is 0.168 e. The van der Waals surface area contributed by atoms with E-state index in [4.69, 9.17) is 11.6 Å². The molecule has 0 spiro atoms. The summed E-state index contributed by atoms with van der Waals surface area (Å²) in [7, 11) is 0. The zero-order valence-corrected chi connectivity index (χ0v) is 9.94. The van der Waals surface area contributed by atoms with Crippen molar-refractivity contribution in [2.45, 2.75) is 6.92 Å². The Morgan fingerprint density at radius 2 is 2.20 bits per heavy atom. The largest absolute Gasteiger partial charge is 0.294 e. The Balaban J connectivity index is 2.48. The van der Waals surface area contributed by atoms with E-state index in [2.05, 4.69) is 0 Å². The molecule has 0 aliphatic heterocycles. The molecule has 1 unspecified atom stereocenters. The first-order chi connectivity index (χ1) is 7.24. The van der Waals surface area contributed by atoms with Crippen LogP contribution in [-0.2, 0) is 0 Å². The van der Waals surface area contributed by atoms with Crippen molar-refractivity contribution in [2.75, 3.05) is 5.88 Å². The van der Waals surface area contributed by atoms with Gasteiger partial charge in [0.05, 0.1) is 0 Å². The first kappa shape index (κ1) is 10.7. The van der Waals surface area contributed by atoms with Crippen molar-refractivity contribution < 1.29 is 4.79 Å². The van der Waals surface area contributed by atoms with E-state index >= 15 is 0 Å². The van der Waals surface area contributed by atoms with Crippen molar-refractivity contribution in [3.8, 4) is 0 Å². The number of hydrogen-bond acceptors (Lipinski definition) is 2. The minimum absolute atomic E-state index is 0.107. The second-order valence-electron chi connectivity index (χ2n) is 3.57. The summed E-state index contributed by atoms with van der Waals surface area (Å²) in [6, 6.07) is 7.96. The minimum atomic E-state index is -0.107. The molecule has 1 atom stereocenters. The number of carbonyl (C=O) groups is 1. The normalized spacial score (nSPS) is 12.9. The van der Waals surface area contributed by atoms with E-state index < -0.39 is 0 Å². The van der Waals surface area contributed by atoms with Crippen LogP contribution >= 0.6 is 22.9 Å². The summed E-state index contributed by atoms with van der Waals surface area (Å²) in [5, 5.41) is 2.97. The lowest BCUT2D eigenvalue weighted by atomic mass is 10.0. The van der Waals surface area contributed by atoms with Crippen LogP contribution in [0.1, 0.15) is 17.3 Å². The molecule has 0 saturated heterocycles. The molecule has 78 valence electrons. The molecule has 3 heteroatoms. The number of halogens is 1. The summed E-state index contributed by atoms with van der Waals surface area (Å²) >= 11 is 7.30. The molecule has 0 aliphatic rings. The van der Waals surface area contributed by atoms with Gasteiger partial charge in [-0.15, -0.1) is 22.9 Å². The van der Waals surface area contributed by atoms with Crippen molar-refractivity contribution in [1.82, 2.24) is 0 Å². The van der Waals surface area contributed by atoms with E-state index in [0.29, 0.717) is 5.88 Å². The fourth-order valence-electron chi connectivity index (χ4n) is 1.50. The van der Waals surface area contributed by atoms with Crippen molar-refractivity contribution in [3.63, 3.8) is 0 Å². The first-order valence-corrected chi connectivity index (χ1v) is 6.22. The van der Waals surface area contributed by atoms with Crippen LogP contribution in [0, 0.1) is 5.92 Å².